The number of aryl methyl sites for hydroxylation is 1. The summed E-state index contributed by atoms with van der Waals surface area (Å²) >= 11 is 8.49. The fourth-order valence-electron chi connectivity index (χ4n) is 3.44. The van der Waals surface area contributed by atoms with E-state index in [4.69, 9.17) is 16.0 Å². The van der Waals surface area contributed by atoms with Gasteiger partial charge in [0.05, 0.1) is 0 Å². The van der Waals surface area contributed by atoms with Crippen LogP contribution in [0, 0.1) is 6.92 Å². The molecular weight excluding hydrogens is 490 g/mol. The molecule has 2 aliphatic heterocycles. The van der Waals surface area contributed by atoms with Crippen LogP contribution in [0.1, 0.15) is 11.5 Å². The third kappa shape index (κ3) is 5.28. The Morgan fingerprint density at radius 1 is 1.33 bits per heavy atom. The highest BCUT2D eigenvalue weighted by atomic mass is 35.5. The van der Waals surface area contributed by atoms with Crippen LogP contribution in [0.2, 0.25) is 5.02 Å². The molecule has 1 aromatic carbocycles. The number of amides is 3. The van der Waals surface area contributed by atoms with Crippen LogP contribution in [-0.4, -0.2) is 67.6 Å². The van der Waals surface area contributed by atoms with Gasteiger partial charge in [0.25, 0.3) is 11.1 Å². The molecule has 1 fully saturated rings. The number of fused-ring (bicyclic) bond motifs is 1. The van der Waals surface area contributed by atoms with Gasteiger partial charge >= 0.3 is 12.0 Å². The van der Waals surface area contributed by atoms with Gasteiger partial charge in [0, 0.05) is 30.0 Å². The third-order valence-corrected chi connectivity index (χ3v) is 7.52. The van der Waals surface area contributed by atoms with Crippen molar-refractivity contribution >= 4 is 53.0 Å². The summed E-state index contributed by atoms with van der Waals surface area (Å²) in [6.45, 7) is 2.05. The molecule has 2 atom stereocenters. The Morgan fingerprint density at radius 2 is 2.09 bits per heavy atom. The zero-order chi connectivity index (χ0) is 23.5. The number of halogens is 1. The number of aromatic nitrogens is 2. The van der Waals surface area contributed by atoms with E-state index in [1.807, 2.05) is 12.1 Å². The first-order valence-electron chi connectivity index (χ1n) is 9.95. The van der Waals surface area contributed by atoms with Crippen LogP contribution in [0.25, 0.3) is 0 Å². The molecule has 0 aliphatic carbocycles. The van der Waals surface area contributed by atoms with Gasteiger partial charge in [0.2, 0.25) is 5.89 Å². The molecule has 3 amide bonds. The fraction of sp³-hybridized carbons (Fsp3) is 0.350. The quantitative estimate of drug-likeness (QED) is 0.361. The highest BCUT2D eigenvalue weighted by molar-refractivity contribution is 8.01. The summed E-state index contributed by atoms with van der Waals surface area (Å²) in [6.07, 6.45) is 0.611. The minimum atomic E-state index is -1.18. The summed E-state index contributed by atoms with van der Waals surface area (Å²) in [5.74, 6) is -0.505. The Balaban J connectivity index is 1.32. The Hall–Kier alpha value is -2.70. The number of urea groups is 1. The number of aliphatic carboxylic acids is 1. The Labute approximate surface area is 202 Å². The zero-order valence-electron chi connectivity index (χ0n) is 17.4. The first-order valence-corrected chi connectivity index (χ1v) is 12.4. The lowest BCUT2D eigenvalue weighted by atomic mass is 10.0. The normalized spacial score (nSPS) is 19.7. The zero-order valence-corrected chi connectivity index (χ0v) is 19.8. The molecule has 13 heteroatoms. The molecule has 2 aliphatic rings. The average molecular weight is 510 g/mol. The smallest absolute Gasteiger partial charge is 0.352 e. The summed E-state index contributed by atoms with van der Waals surface area (Å²) in [5.41, 5.74) is 1.56. The molecule has 0 saturated carbocycles. The highest BCUT2D eigenvalue weighted by Gasteiger charge is 2.54. The predicted molar refractivity (Wildman–Crippen MR) is 123 cm³/mol. The minimum absolute atomic E-state index is 0.0475. The molecular formula is C20H20ClN5O5S2. The van der Waals surface area contributed by atoms with Crippen molar-refractivity contribution in [3.8, 4) is 0 Å². The van der Waals surface area contributed by atoms with E-state index >= 15 is 0 Å². The lowest BCUT2D eigenvalue weighted by molar-refractivity contribution is -0.148. The predicted octanol–water partition coefficient (Wildman–Crippen LogP) is 2.29. The van der Waals surface area contributed by atoms with Gasteiger partial charge in [-0.15, -0.1) is 22.0 Å². The van der Waals surface area contributed by atoms with E-state index < -0.39 is 29.3 Å². The second kappa shape index (κ2) is 10.1. The van der Waals surface area contributed by atoms with Crippen LogP contribution >= 0.6 is 35.1 Å². The van der Waals surface area contributed by atoms with E-state index in [1.165, 1.54) is 28.4 Å². The third-order valence-electron chi connectivity index (χ3n) is 5.03. The molecule has 1 unspecified atom stereocenters. The van der Waals surface area contributed by atoms with Gasteiger partial charge < -0.3 is 20.2 Å². The molecule has 10 nitrogen and oxygen atoms in total. The van der Waals surface area contributed by atoms with E-state index in [0.29, 0.717) is 46.2 Å². The van der Waals surface area contributed by atoms with Gasteiger partial charge in [-0.3, -0.25) is 9.69 Å². The molecule has 4 rings (SSSR count). The number of carbonyl (C=O) groups excluding carboxylic acids is 2. The lowest BCUT2D eigenvalue weighted by Gasteiger charge is -2.49. The SMILES string of the molecule is Cc1nnc(SCC2=C(C(=O)O)N3C(=O)C(NC(=O)NCCc4ccc(Cl)cc4)[C@H]3SC2)o1. The summed E-state index contributed by atoms with van der Waals surface area (Å²) in [7, 11) is 0. The van der Waals surface area contributed by atoms with E-state index in [9.17, 15) is 19.5 Å². The topological polar surface area (TPSA) is 138 Å². The maximum absolute atomic E-state index is 12.7. The van der Waals surface area contributed by atoms with Crippen molar-refractivity contribution in [1.82, 2.24) is 25.7 Å². The maximum atomic E-state index is 12.7. The van der Waals surface area contributed by atoms with Gasteiger partial charge in [-0.1, -0.05) is 35.5 Å². The van der Waals surface area contributed by atoms with Crippen LogP contribution in [-0.2, 0) is 16.0 Å². The molecule has 2 aromatic rings. The number of nitrogens with zero attached hydrogens (tertiary/aromatic N) is 3. The van der Waals surface area contributed by atoms with Crippen LogP contribution in [0.4, 0.5) is 4.79 Å². The number of carboxylic acid groups (broad SMARTS) is 1. The first kappa shape index (κ1) is 23.5. The van der Waals surface area contributed by atoms with E-state index in [-0.39, 0.29) is 5.70 Å². The van der Waals surface area contributed by atoms with E-state index in [1.54, 1.807) is 19.1 Å². The first-order chi connectivity index (χ1) is 15.8. The fourth-order valence-corrected chi connectivity index (χ4v) is 5.86. The largest absolute Gasteiger partial charge is 0.477 e. The van der Waals surface area contributed by atoms with E-state index in [2.05, 4.69) is 20.8 Å². The second-order valence-corrected chi connectivity index (χ2v) is 9.77. The number of benzene rings is 1. The lowest BCUT2D eigenvalue weighted by Crippen LogP contribution is -2.71. The van der Waals surface area contributed by atoms with Crippen molar-refractivity contribution in [1.29, 1.82) is 0 Å². The Morgan fingerprint density at radius 3 is 2.76 bits per heavy atom. The summed E-state index contributed by atoms with van der Waals surface area (Å²) < 4.78 is 5.30. The number of carbonyl (C=O) groups is 3. The van der Waals surface area contributed by atoms with Crippen LogP contribution in [0.15, 0.2) is 45.2 Å². The second-order valence-electron chi connectivity index (χ2n) is 7.30. The summed E-state index contributed by atoms with van der Waals surface area (Å²) in [4.78, 5) is 38.1. The minimum Gasteiger partial charge on any atom is -0.477 e. The molecule has 174 valence electrons. The van der Waals surface area contributed by atoms with Gasteiger partial charge in [-0.25, -0.2) is 9.59 Å². The van der Waals surface area contributed by atoms with Crippen molar-refractivity contribution in [2.75, 3.05) is 18.1 Å². The number of thioether (sulfide) groups is 2. The number of β-lactam (4-membered cyclic amide) rings is 1. The van der Waals surface area contributed by atoms with Gasteiger partial charge in [0.15, 0.2) is 0 Å². The molecule has 1 saturated heterocycles. The van der Waals surface area contributed by atoms with Gasteiger partial charge in [-0.05, 0) is 29.7 Å². The van der Waals surface area contributed by atoms with Crippen molar-refractivity contribution < 1.29 is 23.9 Å². The monoisotopic (exact) mass is 509 g/mol. The summed E-state index contributed by atoms with van der Waals surface area (Å²) in [5, 5.41) is 23.3. The molecule has 3 N–H and O–H groups in total. The Kier molecular flexibility index (Phi) is 7.15. The average Bonchev–Trinajstić information content (AvgIpc) is 3.21. The van der Waals surface area contributed by atoms with Gasteiger partial charge in [-0.2, -0.15) is 0 Å². The van der Waals surface area contributed by atoms with Crippen molar-refractivity contribution in [3.05, 3.63) is 52.0 Å². The van der Waals surface area contributed by atoms with E-state index in [0.717, 1.165) is 5.56 Å². The van der Waals surface area contributed by atoms with Crippen molar-refractivity contribution in [2.24, 2.45) is 0 Å². The van der Waals surface area contributed by atoms with Crippen molar-refractivity contribution in [2.45, 2.75) is 30.0 Å². The van der Waals surface area contributed by atoms with Crippen LogP contribution in [0.3, 0.4) is 0 Å². The number of rotatable bonds is 8. The van der Waals surface area contributed by atoms with Crippen LogP contribution in [0.5, 0.6) is 0 Å². The molecule has 1 aromatic heterocycles. The summed E-state index contributed by atoms with van der Waals surface area (Å²) in [6, 6.07) is 6.06. The molecule has 3 heterocycles. The molecule has 0 radical (unpaired) electrons. The number of carboxylic acids is 1. The number of hydrogen-bond acceptors (Lipinski definition) is 8. The number of hydrogen-bond donors (Lipinski definition) is 3. The Bertz CT molecular complexity index is 1110. The molecule has 33 heavy (non-hydrogen) atoms. The number of nitrogens with one attached hydrogen (secondary N) is 2. The van der Waals surface area contributed by atoms with Crippen LogP contribution < -0.4 is 10.6 Å². The van der Waals surface area contributed by atoms with Crippen molar-refractivity contribution in [3.63, 3.8) is 0 Å². The molecule has 0 spiro atoms. The standard InChI is InChI=1S/C20H20ClN5O5S2/c1-10-24-25-20(31-10)33-9-12-8-32-17-14(16(27)26(17)15(12)18(28)29)23-19(30)22-7-6-11-2-4-13(21)5-3-11/h2-5,14,17H,6-9H2,1H3,(H,28,29)(H2,22,23,30)/t14?,17-/m1/s1. The maximum Gasteiger partial charge on any atom is 0.352 e. The molecule has 0 bridgehead atoms. The van der Waals surface area contributed by atoms with Gasteiger partial charge in [0.1, 0.15) is 17.1 Å². The highest BCUT2D eigenvalue weighted by Crippen LogP contribution is 2.41.